The summed E-state index contributed by atoms with van der Waals surface area (Å²) < 4.78 is 13.0. The molecule has 32 heavy (non-hydrogen) atoms. The van der Waals surface area contributed by atoms with Gasteiger partial charge in [0, 0.05) is 4.47 Å². The van der Waals surface area contributed by atoms with Crippen LogP contribution >= 0.6 is 66.2 Å². The fourth-order valence-electron chi connectivity index (χ4n) is 2.87. The van der Waals surface area contributed by atoms with Crippen molar-refractivity contribution in [1.29, 1.82) is 0 Å². The number of thioether (sulfide) groups is 1. The van der Waals surface area contributed by atoms with Crippen LogP contribution in [0.1, 0.15) is 23.6 Å². The zero-order valence-corrected chi connectivity index (χ0v) is 23.6. The Hall–Kier alpha value is -1.37. The van der Waals surface area contributed by atoms with Gasteiger partial charge in [-0.3, -0.25) is 4.79 Å². The van der Waals surface area contributed by atoms with Crippen LogP contribution in [0, 0.1) is 17.4 Å². The number of esters is 1. The molecule has 0 saturated carbocycles. The number of aryl methyl sites for hydroxylation is 2. The average molecular weight is 694 g/mol. The van der Waals surface area contributed by atoms with Gasteiger partial charge in [-0.05, 0) is 118 Å². The smallest absolute Gasteiger partial charge is 0.344 e. The molecule has 1 saturated heterocycles. The number of nitrogens with zero attached hydrogens (tertiary/aromatic N) is 1. The molecular formula is C22H19Br2IN2O4S. The lowest BCUT2D eigenvalue weighted by atomic mass is 10.1. The van der Waals surface area contributed by atoms with Gasteiger partial charge in [0.15, 0.2) is 11.8 Å². The Morgan fingerprint density at radius 3 is 2.53 bits per heavy atom. The van der Waals surface area contributed by atoms with Crippen molar-refractivity contribution in [2.45, 2.75) is 20.8 Å². The number of hydrogen-bond acceptors (Lipinski definition) is 6. The molecule has 0 aromatic heterocycles. The largest absolute Gasteiger partial charge is 0.480 e. The van der Waals surface area contributed by atoms with E-state index in [0.717, 1.165) is 30.4 Å². The number of aliphatic imine (C=N–C) groups is 1. The first-order valence-corrected chi connectivity index (χ1v) is 13.0. The molecule has 2 aromatic rings. The zero-order chi connectivity index (χ0) is 23.4. The summed E-state index contributed by atoms with van der Waals surface area (Å²) in [5, 5.41) is 3.35. The number of nitrogens with one attached hydrogen (secondary N) is 1. The molecule has 0 atom stereocenters. The van der Waals surface area contributed by atoms with Gasteiger partial charge in [-0.15, -0.1) is 0 Å². The van der Waals surface area contributed by atoms with E-state index in [2.05, 4.69) is 64.8 Å². The molecule has 1 heterocycles. The second-order valence-electron chi connectivity index (χ2n) is 6.78. The summed E-state index contributed by atoms with van der Waals surface area (Å²) in [5.74, 6) is -0.0796. The van der Waals surface area contributed by atoms with E-state index in [9.17, 15) is 9.59 Å². The summed E-state index contributed by atoms with van der Waals surface area (Å²) in [6.07, 6.45) is 1.79. The maximum absolute atomic E-state index is 12.5. The summed E-state index contributed by atoms with van der Waals surface area (Å²) >= 11 is 10.5. The summed E-state index contributed by atoms with van der Waals surface area (Å²) in [5.41, 5.74) is 3.77. The molecule has 10 heteroatoms. The lowest BCUT2D eigenvalue weighted by Gasteiger charge is -2.11. The van der Waals surface area contributed by atoms with Gasteiger partial charge in [0.2, 0.25) is 0 Å². The molecule has 168 valence electrons. The third kappa shape index (κ3) is 6.36. The monoisotopic (exact) mass is 692 g/mol. The molecular weight excluding hydrogens is 675 g/mol. The summed E-state index contributed by atoms with van der Waals surface area (Å²) in [6, 6.07) is 7.64. The minimum absolute atomic E-state index is 0.171. The summed E-state index contributed by atoms with van der Waals surface area (Å²) in [6.45, 7) is 5.89. The maximum atomic E-state index is 12.5. The Morgan fingerprint density at radius 2 is 1.91 bits per heavy atom. The molecule has 1 fully saturated rings. The number of halogens is 3. The Bertz CT molecular complexity index is 1100. The van der Waals surface area contributed by atoms with Gasteiger partial charge in [-0.25, -0.2) is 9.79 Å². The van der Waals surface area contributed by atoms with Crippen molar-refractivity contribution in [1.82, 2.24) is 5.32 Å². The third-order valence-electron chi connectivity index (χ3n) is 4.26. The van der Waals surface area contributed by atoms with Crippen molar-refractivity contribution < 1.29 is 19.1 Å². The Morgan fingerprint density at radius 1 is 1.22 bits per heavy atom. The second kappa shape index (κ2) is 11.2. The van der Waals surface area contributed by atoms with E-state index < -0.39 is 5.97 Å². The van der Waals surface area contributed by atoms with E-state index in [4.69, 9.17) is 9.47 Å². The standard InChI is InChI=1S/C22H19Br2IN2O4S/c1-4-30-18(28)10-31-20-15(23)7-13(8-16(20)25)9-17-21(29)27-22(32-17)26-14-5-11(2)19(24)12(3)6-14/h5-9H,4,10H2,1-3H3,(H,26,27,29)/b17-9-. The topological polar surface area (TPSA) is 77.0 Å². The normalized spacial score (nSPS) is 15.9. The van der Waals surface area contributed by atoms with Crippen LogP contribution in [0.5, 0.6) is 5.75 Å². The van der Waals surface area contributed by atoms with Crippen LogP contribution in [0.15, 0.2) is 43.1 Å². The molecule has 0 bridgehead atoms. The number of carbonyl (C=O) groups is 2. The molecule has 0 aliphatic carbocycles. The van der Waals surface area contributed by atoms with Crippen molar-refractivity contribution in [3.8, 4) is 5.75 Å². The van der Waals surface area contributed by atoms with Crippen molar-refractivity contribution in [3.63, 3.8) is 0 Å². The highest BCUT2D eigenvalue weighted by molar-refractivity contribution is 14.1. The van der Waals surface area contributed by atoms with Crippen LogP contribution < -0.4 is 10.1 Å². The summed E-state index contributed by atoms with van der Waals surface area (Å²) in [4.78, 5) is 29.1. The van der Waals surface area contributed by atoms with Crippen molar-refractivity contribution in [2.75, 3.05) is 13.2 Å². The highest BCUT2D eigenvalue weighted by Crippen LogP contribution is 2.35. The van der Waals surface area contributed by atoms with Gasteiger partial charge in [0.1, 0.15) is 5.75 Å². The first-order valence-electron chi connectivity index (χ1n) is 9.51. The van der Waals surface area contributed by atoms with E-state index in [1.807, 2.05) is 38.1 Å². The predicted molar refractivity (Wildman–Crippen MR) is 143 cm³/mol. The van der Waals surface area contributed by atoms with Gasteiger partial charge in [-0.1, -0.05) is 15.9 Å². The molecule has 1 aliphatic heterocycles. The molecule has 2 aromatic carbocycles. The molecule has 0 unspecified atom stereocenters. The number of amidine groups is 1. The quantitative estimate of drug-likeness (QED) is 0.220. The van der Waals surface area contributed by atoms with Gasteiger partial charge < -0.3 is 14.8 Å². The van der Waals surface area contributed by atoms with E-state index >= 15 is 0 Å². The Balaban J connectivity index is 1.78. The summed E-state index contributed by atoms with van der Waals surface area (Å²) in [7, 11) is 0. The molecule has 1 amide bonds. The average Bonchev–Trinajstić information content (AvgIpc) is 3.04. The molecule has 1 aliphatic rings. The minimum Gasteiger partial charge on any atom is -0.480 e. The maximum Gasteiger partial charge on any atom is 0.344 e. The Kier molecular flexibility index (Phi) is 8.82. The SMILES string of the molecule is CCOC(=O)COc1c(Br)cc(/C=C2\SC(=Nc3cc(C)c(Br)c(C)c3)NC2=O)cc1I. The van der Waals surface area contributed by atoms with Crippen molar-refractivity contribution in [2.24, 2.45) is 4.99 Å². The van der Waals surface area contributed by atoms with Crippen LogP contribution in [-0.4, -0.2) is 30.3 Å². The van der Waals surface area contributed by atoms with Crippen LogP contribution in [0.25, 0.3) is 6.08 Å². The highest BCUT2D eigenvalue weighted by Gasteiger charge is 2.24. The number of rotatable bonds is 6. The zero-order valence-electron chi connectivity index (χ0n) is 17.4. The van der Waals surface area contributed by atoms with Crippen LogP contribution in [-0.2, 0) is 14.3 Å². The van der Waals surface area contributed by atoms with E-state index in [-0.39, 0.29) is 12.5 Å². The van der Waals surface area contributed by atoms with Crippen LogP contribution in [0.4, 0.5) is 5.69 Å². The molecule has 1 N–H and O–H groups in total. The molecule has 3 rings (SSSR count). The highest BCUT2D eigenvalue weighted by atomic mass is 127. The van der Waals surface area contributed by atoms with Gasteiger partial charge in [0.25, 0.3) is 5.91 Å². The van der Waals surface area contributed by atoms with Gasteiger partial charge >= 0.3 is 5.97 Å². The second-order valence-corrected chi connectivity index (χ2v) is 10.6. The number of ether oxygens (including phenoxy) is 2. The van der Waals surface area contributed by atoms with E-state index in [1.165, 1.54) is 11.8 Å². The number of carbonyl (C=O) groups excluding carboxylic acids is 2. The van der Waals surface area contributed by atoms with Crippen LogP contribution in [0.2, 0.25) is 0 Å². The third-order valence-corrected chi connectivity index (χ3v) is 7.81. The first kappa shape index (κ1) is 25.3. The lowest BCUT2D eigenvalue weighted by Crippen LogP contribution is -2.19. The Labute approximate surface area is 221 Å². The minimum atomic E-state index is -0.427. The van der Waals surface area contributed by atoms with Crippen molar-refractivity contribution in [3.05, 3.63) is 58.4 Å². The lowest BCUT2D eigenvalue weighted by molar-refractivity contribution is -0.145. The fourth-order valence-corrected chi connectivity index (χ4v) is 5.71. The predicted octanol–water partition coefficient (Wildman–Crippen LogP) is 6.27. The van der Waals surface area contributed by atoms with Gasteiger partial charge in [0.05, 0.1) is 25.2 Å². The molecule has 6 nitrogen and oxygen atoms in total. The fraction of sp³-hybridized carbons (Fsp3) is 0.227. The van der Waals surface area contributed by atoms with Crippen molar-refractivity contribution >= 4 is 95.0 Å². The molecule has 0 radical (unpaired) electrons. The molecule has 0 spiro atoms. The number of hydrogen-bond donors (Lipinski definition) is 1. The van der Waals surface area contributed by atoms with Crippen LogP contribution in [0.3, 0.4) is 0 Å². The van der Waals surface area contributed by atoms with Gasteiger partial charge in [-0.2, -0.15) is 0 Å². The number of benzene rings is 2. The van der Waals surface area contributed by atoms with E-state index in [0.29, 0.717) is 26.9 Å². The number of amides is 1. The first-order chi connectivity index (χ1) is 15.2. The van der Waals surface area contributed by atoms with E-state index in [1.54, 1.807) is 13.0 Å².